The number of piperazine rings is 1. The van der Waals surface area contributed by atoms with E-state index in [0.717, 1.165) is 36.8 Å². The van der Waals surface area contributed by atoms with Crippen LogP contribution in [0, 0.1) is 17.3 Å². The van der Waals surface area contributed by atoms with Gasteiger partial charge in [0.2, 0.25) is 15.9 Å². The Kier molecular flexibility index (Phi) is 5.56. The molecule has 1 saturated heterocycles. The number of rotatable bonds is 7. The SMILES string of the molecule is CC(C)C(=O)[N+]1(C)CCN(c2cc(S(=O)(=O)NC3(C)CC3)cc3nc(NC(=O)C45CC4C5)ccc23)C[C@H]1C. The number of carbonyl (C=O) groups excluding carboxylic acids is 2. The molecule has 2 atom stereocenters. The van der Waals surface area contributed by atoms with E-state index in [1.807, 2.05) is 33.9 Å². The number of fused-ring (bicyclic) bond motifs is 2. The van der Waals surface area contributed by atoms with Crippen molar-refractivity contribution in [2.75, 3.05) is 36.9 Å². The monoisotopic (exact) mass is 540 g/mol. The maximum atomic E-state index is 13.4. The minimum atomic E-state index is -3.77. The van der Waals surface area contributed by atoms with E-state index in [1.54, 1.807) is 18.2 Å². The molecule has 2 N–H and O–H groups in total. The van der Waals surface area contributed by atoms with Crippen LogP contribution in [0.2, 0.25) is 0 Å². The van der Waals surface area contributed by atoms with Crippen molar-refractivity contribution < 1.29 is 22.5 Å². The molecule has 2 heterocycles. The van der Waals surface area contributed by atoms with Crippen LogP contribution in [0.25, 0.3) is 10.9 Å². The molecule has 1 aromatic heterocycles. The molecule has 2 aromatic rings. The second-order valence-electron chi connectivity index (χ2n) is 12.9. The van der Waals surface area contributed by atoms with Gasteiger partial charge in [0.05, 0.1) is 41.9 Å². The van der Waals surface area contributed by atoms with Gasteiger partial charge < -0.3 is 10.2 Å². The maximum absolute atomic E-state index is 13.4. The van der Waals surface area contributed by atoms with Crippen LogP contribution in [0.3, 0.4) is 0 Å². The highest BCUT2D eigenvalue weighted by Crippen LogP contribution is 2.75. The van der Waals surface area contributed by atoms with Gasteiger partial charge in [-0.25, -0.2) is 22.9 Å². The summed E-state index contributed by atoms with van der Waals surface area (Å²) in [5.41, 5.74) is 0.722. The standard InChI is InChI=1S/C28H37N5O4S/c1-17(2)25(34)33(5)11-10-32(16-18(33)3)23-13-20(38(36,37)31-27(4)8-9-27)12-22-21(23)6-7-24(29-22)30-26(35)28-14-19(28)15-28/h6-7,12-13,17-19,31H,8-11,14-16H2,1-5H3/p+1/t18-,19?,28?,33?/m1/s1. The Bertz CT molecular complexity index is 1460. The second-order valence-corrected chi connectivity index (χ2v) is 14.5. The zero-order chi connectivity index (χ0) is 27.3. The summed E-state index contributed by atoms with van der Waals surface area (Å²) in [6.07, 6.45) is 3.53. The quantitative estimate of drug-likeness (QED) is 0.522. The highest BCUT2D eigenvalue weighted by atomic mass is 32.2. The Balaban J connectivity index is 1.37. The number of sulfonamides is 1. The minimum absolute atomic E-state index is 0.0124. The van der Waals surface area contributed by atoms with Crippen LogP contribution in [-0.4, -0.2) is 68.0 Å². The molecule has 1 aliphatic heterocycles. The topological polar surface area (TPSA) is 108 Å². The molecule has 2 amide bonds. The van der Waals surface area contributed by atoms with Crippen LogP contribution in [0.1, 0.15) is 53.4 Å². The number of anilines is 2. The smallest absolute Gasteiger partial charge is 0.316 e. The van der Waals surface area contributed by atoms with Gasteiger partial charge in [-0.2, -0.15) is 0 Å². The van der Waals surface area contributed by atoms with Crippen LogP contribution < -0.4 is 14.9 Å². The lowest BCUT2D eigenvalue weighted by Gasteiger charge is -2.46. The molecule has 4 fully saturated rings. The Morgan fingerprint density at radius 2 is 1.87 bits per heavy atom. The van der Waals surface area contributed by atoms with E-state index in [9.17, 15) is 18.0 Å². The zero-order valence-electron chi connectivity index (χ0n) is 22.9. The highest BCUT2D eigenvalue weighted by Gasteiger charge is 2.74. The van der Waals surface area contributed by atoms with Crippen molar-refractivity contribution in [3.05, 3.63) is 24.3 Å². The first-order chi connectivity index (χ1) is 17.8. The molecule has 6 rings (SSSR count). The van der Waals surface area contributed by atoms with Crippen molar-refractivity contribution in [2.45, 2.75) is 69.9 Å². The summed E-state index contributed by atoms with van der Waals surface area (Å²) in [6, 6.07) is 7.09. The zero-order valence-corrected chi connectivity index (χ0v) is 23.7. The third-order valence-electron chi connectivity index (χ3n) is 9.46. The van der Waals surface area contributed by atoms with Crippen molar-refractivity contribution >= 4 is 44.2 Å². The van der Waals surface area contributed by atoms with Gasteiger partial charge in [-0.15, -0.1) is 0 Å². The molecular weight excluding hydrogens is 502 g/mol. The van der Waals surface area contributed by atoms with Crippen molar-refractivity contribution in [1.29, 1.82) is 0 Å². The van der Waals surface area contributed by atoms with Crippen LogP contribution in [0.5, 0.6) is 0 Å². The molecule has 3 saturated carbocycles. The lowest BCUT2D eigenvalue weighted by molar-refractivity contribution is -0.860. The number of hydrogen-bond acceptors (Lipinski definition) is 6. The Hall–Kier alpha value is -2.56. The van der Waals surface area contributed by atoms with E-state index in [1.165, 1.54) is 0 Å². The van der Waals surface area contributed by atoms with E-state index in [0.29, 0.717) is 41.4 Å². The third kappa shape index (κ3) is 4.21. The number of pyridine rings is 1. The van der Waals surface area contributed by atoms with E-state index in [4.69, 9.17) is 4.98 Å². The predicted molar refractivity (Wildman–Crippen MR) is 146 cm³/mol. The molecule has 0 bridgehead atoms. The van der Waals surface area contributed by atoms with Crippen molar-refractivity contribution in [1.82, 2.24) is 9.71 Å². The molecule has 4 aliphatic rings. The van der Waals surface area contributed by atoms with Crippen molar-refractivity contribution in [3.63, 3.8) is 0 Å². The van der Waals surface area contributed by atoms with Gasteiger partial charge in [0.1, 0.15) is 18.4 Å². The van der Waals surface area contributed by atoms with Crippen molar-refractivity contribution in [2.24, 2.45) is 17.3 Å². The average molecular weight is 541 g/mol. The number of nitrogens with zero attached hydrogens (tertiary/aromatic N) is 3. The van der Waals surface area contributed by atoms with Crippen LogP contribution in [0.15, 0.2) is 29.2 Å². The summed E-state index contributed by atoms with van der Waals surface area (Å²) in [6.45, 7) is 9.74. The van der Waals surface area contributed by atoms with E-state index in [-0.39, 0.29) is 34.1 Å². The number of likely N-dealkylation sites (N-methyl/N-ethyl adjacent to an activating group) is 1. The lowest BCUT2D eigenvalue weighted by Crippen LogP contribution is -2.66. The Morgan fingerprint density at radius 3 is 2.45 bits per heavy atom. The number of quaternary nitrogens is 1. The molecule has 1 unspecified atom stereocenters. The fourth-order valence-corrected chi connectivity index (χ4v) is 7.44. The number of amides is 2. The number of nitrogens with one attached hydrogen (secondary N) is 2. The molecule has 9 nitrogen and oxygen atoms in total. The third-order valence-corrected chi connectivity index (χ3v) is 11.1. The Labute approximate surface area is 224 Å². The molecule has 10 heteroatoms. The van der Waals surface area contributed by atoms with Crippen LogP contribution in [-0.2, 0) is 19.6 Å². The molecule has 3 aliphatic carbocycles. The maximum Gasteiger partial charge on any atom is 0.316 e. The number of aromatic nitrogens is 1. The summed E-state index contributed by atoms with van der Waals surface area (Å²) in [4.78, 5) is 32.8. The normalized spacial score (nSPS) is 31.2. The summed E-state index contributed by atoms with van der Waals surface area (Å²) >= 11 is 0. The molecule has 1 aromatic carbocycles. The first kappa shape index (κ1) is 25.7. The fraction of sp³-hybridized carbons (Fsp3) is 0.607. The van der Waals surface area contributed by atoms with E-state index < -0.39 is 15.6 Å². The first-order valence-corrected chi connectivity index (χ1v) is 15.2. The van der Waals surface area contributed by atoms with Gasteiger partial charge in [0, 0.05) is 16.6 Å². The van der Waals surface area contributed by atoms with Crippen LogP contribution >= 0.6 is 0 Å². The van der Waals surface area contributed by atoms with E-state index >= 15 is 0 Å². The largest absolute Gasteiger partial charge is 0.359 e. The highest BCUT2D eigenvalue weighted by molar-refractivity contribution is 7.89. The summed E-state index contributed by atoms with van der Waals surface area (Å²) in [5, 5.41) is 3.78. The molecular formula is C28H38N5O4S+. The van der Waals surface area contributed by atoms with Gasteiger partial charge >= 0.3 is 5.91 Å². The molecule has 204 valence electrons. The summed E-state index contributed by atoms with van der Waals surface area (Å²) in [5.74, 6) is 1.13. The lowest BCUT2D eigenvalue weighted by atomic mass is 10.0. The first-order valence-electron chi connectivity index (χ1n) is 13.7. The number of carbonyl (C=O) groups is 2. The van der Waals surface area contributed by atoms with Gasteiger partial charge in [0.25, 0.3) is 0 Å². The summed E-state index contributed by atoms with van der Waals surface area (Å²) in [7, 11) is -1.77. The van der Waals surface area contributed by atoms with Gasteiger partial charge in [-0.05, 0) is 83.6 Å². The molecule has 38 heavy (non-hydrogen) atoms. The number of benzene rings is 1. The number of hydrogen-bond donors (Lipinski definition) is 2. The van der Waals surface area contributed by atoms with Gasteiger partial charge in [-0.1, -0.05) is 0 Å². The fourth-order valence-electron chi connectivity index (χ4n) is 5.94. The molecule has 0 spiro atoms. The van der Waals surface area contributed by atoms with Gasteiger partial charge in [-0.3, -0.25) is 9.28 Å². The van der Waals surface area contributed by atoms with Crippen LogP contribution in [0.4, 0.5) is 11.5 Å². The van der Waals surface area contributed by atoms with Gasteiger partial charge in [0.15, 0.2) is 0 Å². The second kappa shape index (κ2) is 8.22. The summed E-state index contributed by atoms with van der Waals surface area (Å²) < 4.78 is 30.1. The molecule has 0 radical (unpaired) electrons. The van der Waals surface area contributed by atoms with E-state index in [2.05, 4.69) is 21.9 Å². The Morgan fingerprint density at radius 1 is 1.18 bits per heavy atom. The minimum Gasteiger partial charge on any atom is -0.359 e. The average Bonchev–Trinajstić information content (AvgIpc) is 3.76. The van der Waals surface area contributed by atoms with Crippen molar-refractivity contribution in [3.8, 4) is 0 Å². The predicted octanol–water partition coefficient (Wildman–Crippen LogP) is 3.25.